The third-order valence-electron chi connectivity index (χ3n) is 1.76. The Morgan fingerprint density at radius 3 is 3.06 bits per heavy atom. The number of esters is 1. The highest BCUT2D eigenvalue weighted by molar-refractivity contribution is 14.1. The van der Waals surface area contributed by atoms with Gasteiger partial charge in [-0.15, -0.1) is 11.8 Å². The first kappa shape index (κ1) is 13.5. The highest BCUT2D eigenvalue weighted by atomic mass is 127. The molecule has 0 bridgehead atoms. The van der Waals surface area contributed by atoms with E-state index in [1.54, 1.807) is 0 Å². The van der Waals surface area contributed by atoms with Gasteiger partial charge >= 0.3 is 5.97 Å². The predicted octanol–water partition coefficient (Wildman–Crippen LogP) is 1.42. The zero-order valence-corrected chi connectivity index (χ0v) is 11.8. The molecule has 0 saturated carbocycles. The molecular weight excluding hydrogens is 343 g/mol. The molecule has 16 heavy (non-hydrogen) atoms. The fourth-order valence-corrected chi connectivity index (χ4v) is 2.59. The molecule has 1 unspecified atom stereocenters. The van der Waals surface area contributed by atoms with Crippen LogP contribution in [0.5, 0.6) is 0 Å². The second kappa shape index (κ2) is 6.24. The quantitative estimate of drug-likeness (QED) is 0.383. The van der Waals surface area contributed by atoms with Gasteiger partial charge in [0.2, 0.25) is 0 Å². The van der Waals surface area contributed by atoms with E-state index in [0.717, 1.165) is 0 Å². The summed E-state index contributed by atoms with van der Waals surface area (Å²) in [6.45, 7) is 1.89. The number of rotatable bonds is 4. The van der Waals surface area contributed by atoms with Crippen molar-refractivity contribution in [1.29, 1.82) is 0 Å². The van der Waals surface area contributed by atoms with E-state index in [0.29, 0.717) is 15.0 Å². The van der Waals surface area contributed by atoms with Crippen molar-refractivity contribution in [1.82, 2.24) is 9.97 Å². The van der Waals surface area contributed by atoms with Gasteiger partial charge in [0, 0.05) is 5.25 Å². The first-order valence-corrected chi connectivity index (χ1v) is 6.47. The molecule has 1 aromatic heterocycles. The maximum atomic E-state index is 11.3. The van der Waals surface area contributed by atoms with Crippen molar-refractivity contribution in [3.05, 3.63) is 20.3 Å². The minimum atomic E-state index is -0.264. The van der Waals surface area contributed by atoms with Crippen LogP contribution in [0.25, 0.3) is 0 Å². The van der Waals surface area contributed by atoms with Crippen LogP contribution >= 0.6 is 34.4 Å². The van der Waals surface area contributed by atoms with Gasteiger partial charge in [0.15, 0.2) is 0 Å². The van der Waals surface area contributed by atoms with Crippen molar-refractivity contribution in [2.75, 3.05) is 7.11 Å². The summed E-state index contributed by atoms with van der Waals surface area (Å²) in [6, 6.07) is 0. The lowest BCUT2D eigenvalue weighted by Crippen LogP contribution is -2.14. The molecule has 0 radical (unpaired) electrons. The number of aromatic nitrogens is 2. The lowest BCUT2D eigenvalue weighted by atomic mass is 10.3. The monoisotopic (exact) mass is 354 g/mol. The van der Waals surface area contributed by atoms with Crippen LogP contribution < -0.4 is 5.56 Å². The Bertz CT molecular complexity index is 435. The lowest BCUT2D eigenvalue weighted by molar-refractivity contribution is -0.140. The van der Waals surface area contributed by atoms with E-state index in [-0.39, 0.29) is 16.8 Å². The first-order valence-electron chi connectivity index (χ1n) is 4.51. The number of aromatic amines is 1. The molecule has 0 aliphatic carbocycles. The maximum absolute atomic E-state index is 11.3. The number of thioether (sulfide) groups is 1. The molecule has 0 spiro atoms. The number of H-pyrrole nitrogens is 1. The summed E-state index contributed by atoms with van der Waals surface area (Å²) in [4.78, 5) is 28.9. The van der Waals surface area contributed by atoms with Crippen LogP contribution in [-0.4, -0.2) is 28.3 Å². The van der Waals surface area contributed by atoms with E-state index in [1.807, 2.05) is 29.5 Å². The number of halogens is 1. The summed E-state index contributed by atoms with van der Waals surface area (Å²) in [5.41, 5.74) is -0.164. The van der Waals surface area contributed by atoms with Gasteiger partial charge in [-0.1, -0.05) is 6.92 Å². The normalized spacial score (nSPS) is 12.2. The molecule has 7 heteroatoms. The Morgan fingerprint density at radius 1 is 1.75 bits per heavy atom. The predicted molar refractivity (Wildman–Crippen MR) is 69.5 cm³/mol. The molecule has 0 fully saturated rings. The van der Waals surface area contributed by atoms with Crippen LogP contribution in [0, 0.1) is 3.57 Å². The van der Waals surface area contributed by atoms with Crippen molar-refractivity contribution in [3.8, 4) is 0 Å². The Hall–Kier alpha value is -0.570. The van der Waals surface area contributed by atoms with E-state index in [9.17, 15) is 9.59 Å². The molecule has 1 heterocycles. The van der Waals surface area contributed by atoms with Crippen molar-refractivity contribution < 1.29 is 9.53 Å². The molecule has 1 aromatic rings. The zero-order chi connectivity index (χ0) is 12.1. The fourth-order valence-electron chi connectivity index (χ4n) is 0.999. The number of carbonyl (C=O) groups excluding carboxylic acids is 1. The van der Waals surface area contributed by atoms with E-state index < -0.39 is 0 Å². The summed E-state index contributed by atoms with van der Waals surface area (Å²) in [5, 5.41) is 0.663. The van der Waals surface area contributed by atoms with Gasteiger partial charge in [-0.3, -0.25) is 9.59 Å². The van der Waals surface area contributed by atoms with Crippen molar-refractivity contribution in [2.24, 2.45) is 0 Å². The molecule has 5 nitrogen and oxygen atoms in total. The molecule has 0 saturated heterocycles. The van der Waals surface area contributed by atoms with E-state index in [2.05, 4.69) is 14.7 Å². The van der Waals surface area contributed by atoms with Gasteiger partial charge in [0.05, 0.1) is 19.9 Å². The second-order valence-electron chi connectivity index (χ2n) is 3.06. The SMILES string of the molecule is COC(=O)CC(C)Sc1nc[nH]c(=O)c1I. The van der Waals surface area contributed by atoms with Crippen LogP contribution in [0.15, 0.2) is 16.1 Å². The summed E-state index contributed by atoms with van der Waals surface area (Å²) < 4.78 is 5.11. The maximum Gasteiger partial charge on any atom is 0.306 e. The summed E-state index contributed by atoms with van der Waals surface area (Å²) in [7, 11) is 1.36. The highest BCUT2D eigenvalue weighted by Crippen LogP contribution is 2.25. The van der Waals surface area contributed by atoms with Gasteiger partial charge in [-0.05, 0) is 22.6 Å². The number of methoxy groups -OCH3 is 1. The van der Waals surface area contributed by atoms with Gasteiger partial charge in [0.1, 0.15) is 8.60 Å². The summed E-state index contributed by atoms with van der Waals surface area (Å²) >= 11 is 3.33. The van der Waals surface area contributed by atoms with Crippen LogP contribution in [0.4, 0.5) is 0 Å². The topological polar surface area (TPSA) is 72.0 Å². The van der Waals surface area contributed by atoms with E-state index in [1.165, 1.54) is 25.2 Å². The summed E-state index contributed by atoms with van der Waals surface area (Å²) in [5.74, 6) is -0.264. The average Bonchev–Trinajstić information content (AvgIpc) is 2.24. The molecule has 0 aromatic carbocycles. The first-order chi connectivity index (χ1) is 7.54. The molecule has 0 amide bonds. The number of carbonyl (C=O) groups is 1. The zero-order valence-electron chi connectivity index (χ0n) is 8.82. The number of nitrogens with one attached hydrogen (secondary N) is 1. The third kappa shape index (κ3) is 3.78. The minimum absolute atomic E-state index is 0.0234. The Balaban J connectivity index is 2.70. The van der Waals surface area contributed by atoms with Gasteiger partial charge in [0.25, 0.3) is 5.56 Å². The number of hydrogen-bond acceptors (Lipinski definition) is 5. The van der Waals surface area contributed by atoms with Crippen molar-refractivity contribution >= 4 is 40.3 Å². The largest absolute Gasteiger partial charge is 0.469 e. The lowest BCUT2D eigenvalue weighted by Gasteiger charge is -2.09. The summed E-state index contributed by atoms with van der Waals surface area (Å²) in [6.07, 6.45) is 1.66. The van der Waals surface area contributed by atoms with Crippen molar-refractivity contribution in [3.63, 3.8) is 0 Å². The molecule has 88 valence electrons. The molecule has 0 aliphatic heterocycles. The highest BCUT2D eigenvalue weighted by Gasteiger charge is 2.14. The number of hydrogen-bond donors (Lipinski definition) is 1. The average molecular weight is 354 g/mol. The smallest absolute Gasteiger partial charge is 0.306 e. The molecular formula is C9H11IN2O3S. The standard InChI is InChI=1S/C9H11IN2O3S/c1-5(3-6(13)15-2)16-9-7(10)8(14)11-4-12-9/h4-5H,3H2,1-2H3,(H,11,12,14). The second-order valence-corrected chi connectivity index (χ2v) is 5.57. The number of ether oxygens (including phenoxy) is 1. The van der Waals surface area contributed by atoms with Crippen LogP contribution in [-0.2, 0) is 9.53 Å². The Labute approximate surface area is 111 Å². The van der Waals surface area contributed by atoms with Gasteiger partial charge < -0.3 is 9.72 Å². The number of nitrogens with zero attached hydrogens (tertiary/aromatic N) is 1. The molecule has 0 aliphatic rings. The van der Waals surface area contributed by atoms with Crippen LogP contribution in [0.2, 0.25) is 0 Å². The van der Waals surface area contributed by atoms with Gasteiger partial charge in [-0.25, -0.2) is 4.98 Å². The van der Waals surface area contributed by atoms with Crippen molar-refractivity contribution in [2.45, 2.75) is 23.6 Å². The van der Waals surface area contributed by atoms with Crippen LogP contribution in [0.3, 0.4) is 0 Å². The van der Waals surface area contributed by atoms with E-state index in [4.69, 9.17) is 0 Å². The third-order valence-corrected chi connectivity index (χ3v) is 4.23. The van der Waals surface area contributed by atoms with E-state index >= 15 is 0 Å². The van der Waals surface area contributed by atoms with Gasteiger partial charge in [-0.2, -0.15) is 0 Å². The molecule has 1 N–H and O–H groups in total. The fraction of sp³-hybridized carbons (Fsp3) is 0.444. The Kier molecular flexibility index (Phi) is 5.26. The van der Waals surface area contributed by atoms with Crippen LogP contribution in [0.1, 0.15) is 13.3 Å². The molecule has 1 atom stereocenters. The molecule has 1 rings (SSSR count). The Morgan fingerprint density at radius 2 is 2.44 bits per heavy atom. The minimum Gasteiger partial charge on any atom is -0.469 e.